The summed E-state index contributed by atoms with van der Waals surface area (Å²) in [6.45, 7) is 1.23. The molecule has 2 aromatic carbocycles. The molecule has 0 aliphatic carbocycles. The van der Waals surface area contributed by atoms with E-state index in [-0.39, 0.29) is 5.75 Å². The van der Waals surface area contributed by atoms with Gasteiger partial charge in [0.1, 0.15) is 11.6 Å². The Morgan fingerprint density at radius 3 is 2.65 bits per heavy atom. The quantitative estimate of drug-likeness (QED) is 0.479. The van der Waals surface area contributed by atoms with Crippen LogP contribution in [0.1, 0.15) is 0 Å². The summed E-state index contributed by atoms with van der Waals surface area (Å²) in [5.41, 5.74) is 1.38. The van der Waals surface area contributed by atoms with Crippen LogP contribution in [-0.2, 0) is 4.74 Å². The molecule has 0 amide bonds. The maximum atomic E-state index is 9.88. The highest BCUT2D eigenvalue weighted by Gasteiger charge is 2.08. The van der Waals surface area contributed by atoms with Gasteiger partial charge in [0.15, 0.2) is 0 Å². The van der Waals surface area contributed by atoms with Crippen LogP contribution in [0.4, 0.5) is 17.5 Å². The van der Waals surface area contributed by atoms with Crippen molar-refractivity contribution in [2.75, 3.05) is 30.9 Å². The van der Waals surface area contributed by atoms with Gasteiger partial charge in [-0.1, -0.05) is 24.3 Å². The number of aromatic nitrogens is 2. The lowest BCUT2D eigenvalue weighted by atomic mass is 10.2. The van der Waals surface area contributed by atoms with E-state index < -0.39 is 0 Å². The molecule has 0 spiro atoms. The fraction of sp³-hybridized carbons (Fsp3) is 0.176. The first-order valence-corrected chi connectivity index (χ1v) is 7.32. The highest BCUT2D eigenvalue weighted by molar-refractivity contribution is 5.90. The van der Waals surface area contributed by atoms with Crippen molar-refractivity contribution in [3.05, 3.63) is 48.5 Å². The number of benzene rings is 2. The summed E-state index contributed by atoms with van der Waals surface area (Å²) in [6.07, 6.45) is 0. The number of para-hydroxylation sites is 3. The minimum atomic E-state index is 0.151. The first-order valence-electron chi connectivity index (χ1n) is 7.32. The molecule has 0 saturated carbocycles. The molecule has 118 valence electrons. The van der Waals surface area contributed by atoms with Gasteiger partial charge in [-0.25, -0.2) is 4.98 Å². The molecule has 23 heavy (non-hydrogen) atoms. The van der Waals surface area contributed by atoms with Crippen molar-refractivity contribution < 1.29 is 9.84 Å². The van der Waals surface area contributed by atoms with Gasteiger partial charge in [0.05, 0.1) is 17.8 Å². The largest absolute Gasteiger partial charge is 0.506 e. The molecule has 0 atom stereocenters. The third kappa shape index (κ3) is 3.49. The van der Waals surface area contributed by atoms with Gasteiger partial charge in [-0.2, -0.15) is 4.98 Å². The molecule has 3 rings (SSSR count). The molecule has 0 aliphatic heterocycles. The predicted molar refractivity (Wildman–Crippen MR) is 91.3 cm³/mol. The molecule has 0 saturated heterocycles. The number of aromatic hydroxyl groups is 1. The van der Waals surface area contributed by atoms with E-state index >= 15 is 0 Å². The Bertz CT molecular complexity index is 807. The minimum absolute atomic E-state index is 0.151. The Labute approximate surface area is 134 Å². The van der Waals surface area contributed by atoms with Crippen molar-refractivity contribution in [1.29, 1.82) is 0 Å². The third-order valence-electron chi connectivity index (χ3n) is 3.35. The molecule has 6 nitrogen and oxygen atoms in total. The molecule has 1 heterocycles. The van der Waals surface area contributed by atoms with Crippen LogP contribution in [0.2, 0.25) is 0 Å². The Morgan fingerprint density at radius 2 is 1.83 bits per heavy atom. The molecule has 0 fully saturated rings. The molecule has 3 N–H and O–H groups in total. The molecule has 0 aliphatic rings. The van der Waals surface area contributed by atoms with Crippen LogP contribution < -0.4 is 10.6 Å². The van der Waals surface area contributed by atoms with Crippen molar-refractivity contribution >= 4 is 28.4 Å². The van der Waals surface area contributed by atoms with Crippen LogP contribution in [0.15, 0.2) is 48.5 Å². The summed E-state index contributed by atoms with van der Waals surface area (Å²) in [6, 6.07) is 14.7. The molecular weight excluding hydrogens is 292 g/mol. The topological polar surface area (TPSA) is 79.3 Å². The van der Waals surface area contributed by atoms with Crippen molar-refractivity contribution in [2.45, 2.75) is 0 Å². The van der Waals surface area contributed by atoms with Crippen LogP contribution in [-0.4, -0.2) is 35.3 Å². The fourth-order valence-corrected chi connectivity index (χ4v) is 2.24. The van der Waals surface area contributed by atoms with Crippen LogP contribution in [0.25, 0.3) is 10.9 Å². The minimum Gasteiger partial charge on any atom is -0.506 e. The number of hydrogen-bond acceptors (Lipinski definition) is 6. The van der Waals surface area contributed by atoms with Crippen molar-refractivity contribution in [1.82, 2.24) is 9.97 Å². The van der Waals surface area contributed by atoms with E-state index in [1.54, 1.807) is 25.3 Å². The molecule has 0 radical (unpaired) electrons. The lowest BCUT2D eigenvalue weighted by molar-refractivity contribution is 0.210. The van der Waals surface area contributed by atoms with Crippen LogP contribution in [0.3, 0.4) is 0 Å². The first-order chi connectivity index (χ1) is 11.3. The number of anilines is 3. The second kappa shape index (κ2) is 6.93. The summed E-state index contributed by atoms with van der Waals surface area (Å²) in [7, 11) is 1.66. The summed E-state index contributed by atoms with van der Waals surface area (Å²) in [5, 5.41) is 17.1. The van der Waals surface area contributed by atoms with E-state index in [0.717, 1.165) is 16.7 Å². The van der Waals surface area contributed by atoms with Gasteiger partial charge in [0.2, 0.25) is 5.95 Å². The van der Waals surface area contributed by atoms with Crippen molar-refractivity contribution in [2.24, 2.45) is 0 Å². The number of fused-ring (bicyclic) bond motifs is 1. The number of nitrogens with zero attached hydrogens (tertiary/aromatic N) is 2. The molecule has 0 bridgehead atoms. The maximum Gasteiger partial charge on any atom is 0.229 e. The summed E-state index contributed by atoms with van der Waals surface area (Å²) < 4.78 is 5.06. The summed E-state index contributed by atoms with van der Waals surface area (Å²) in [5.74, 6) is 1.30. The van der Waals surface area contributed by atoms with Crippen molar-refractivity contribution in [3.63, 3.8) is 0 Å². The monoisotopic (exact) mass is 310 g/mol. The highest BCUT2D eigenvalue weighted by Crippen LogP contribution is 2.27. The lowest BCUT2D eigenvalue weighted by Gasteiger charge is -2.12. The number of phenols is 1. The number of nitrogens with one attached hydrogen (secondary N) is 2. The number of phenolic OH excluding ortho intramolecular Hbond substituents is 1. The average Bonchev–Trinajstić information content (AvgIpc) is 2.57. The first kappa shape index (κ1) is 15.1. The molecule has 0 unspecified atom stereocenters. The number of rotatable bonds is 6. The second-order valence-electron chi connectivity index (χ2n) is 4.97. The van der Waals surface area contributed by atoms with Gasteiger partial charge in [-0.3, -0.25) is 0 Å². The normalized spacial score (nSPS) is 10.7. The van der Waals surface area contributed by atoms with E-state index in [1.807, 2.05) is 30.3 Å². The van der Waals surface area contributed by atoms with E-state index in [1.165, 1.54) is 0 Å². The summed E-state index contributed by atoms with van der Waals surface area (Å²) >= 11 is 0. The Balaban J connectivity index is 1.95. The molecule has 6 heteroatoms. The highest BCUT2D eigenvalue weighted by atomic mass is 16.5. The molecule has 3 aromatic rings. The van der Waals surface area contributed by atoms with E-state index in [2.05, 4.69) is 20.6 Å². The van der Waals surface area contributed by atoms with E-state index in [4.69, 9.17) is 4.74 Å². The van der Waals surface area contributed by atoms with Gasteiger partial charge in [-0.15, -0.1) is 0 Å². The van der Waals surface area contributed by atoms with Crippen LogP contribution >= 0.6 is 0 Å². The number of methoxy groups -OCH3 is 1. The van der Waals surface area contributed by atoms with Gasteiger partial charge in [0.25, 0.3) is 0 Å². The lowest BCUT2D eigenvalue weighted by Crippen LogP contribution is -2.10. The fourth-order valence-electron chi connectivity index (χ4n) is 2.24. The standard InChI is InChI=1S/C17H18N4O2/c1-23-11-10-18-16-12-6-2-3-7-13(12)19-17(21-16)20-14-8-4-5-9-15(14)22/h2-9,22H,10-11H2,1H3,(H2,18,19,20,21). The van der Waals surface area contributed by atoms with Crippen LogP contribution in [0, 0.1) is 0 Å². The number of ether oxygens (including phenoxy) is 1. The van der Waals surface area contributed by atoms with Gasteiger partial charge in [0, 0.05) is 19.0 Å². The van der Waals surface area contributed by atoms with Gasteiger partial charge >= 0.3 is 0 Å². The number of hydrogen-bond donors (Lipinski definition) is 3. The van der Waals surface area contributed by atoms with Gasteiger partial charge in [-0.05, 0) is 24.3 Å². The Morgan fingerprint density at radius 1 is 1.04 bits per heavy atom. The maximum absolute atomic E-state index is 9.88. The van der Waals surface area contributed by atoms with Gasteiger partial charge < -0.3 is 20.5 Å². The van der Waals surface area contributed by atoms with Crippen molar-refractivity contribution in [3.8, 4) is 5.75 Å². The van der Waals surface area contributed by atoms with E-state index in [9.17, 15) is 5.11 Å². The SMILES string of the molecule is COCCNc1nc(Nc2ccccc2O)nc2ccccc12. The third-order valence-corrected chi connectivity index (χ3v) is 3.35. The second-order valence-corrected chi connectivity index (χ2v) is 4.97. The Kier molecular flexibility index (Phi) is 4.54. The molecule has 1 aromatic heterocycles. The average molecular weight is 310 g/mol. The zero-order valence-electron chi connectivity index (χ0n) is 12.8. The summed E-state index contributed by atoms with van der Waals surface area (Å²) in [4.78, 5) is 9.01. The Hall–Kier alpha value is -2.86. The van der Waals surface area contributed by atoms with Crippen LogP contribution in [0.5, 0.6) is 5.75 Å². The van der Waals surface area contributed by atoms with E-state index in [0.29, 0.717) is 24.8 Å². The smallest absolute Gasteiger partial charge is 0.229 e. The molecular formula is C17H18N4O2. The predicted octanol–water partition coefficient (Wildman–Crippen LogP) is 3.14. The zero-order chi connectivity index (χ0) is 16.1. The zero-order valence-corrected chi connectivity index (χ0v) is 12.8.